The predicted molar refractivity (Wildman–Crippen MR) is 180 cm³/mol. The van der Waals surface area contributed by atoms with E-state index in [9.17, 15) is 4.79 Å². The highest BCUT2D eigenvalue weighted by Gasteiger charge is 2.22. The summed E-state index contributed by atoms with van der Waals surface area (Å²) in [5, 5.41) is 16.9. The number of carbonyl (C=O) groups excluding carboxylic acids is 1. The van der Waals surface area contributed by atoms with E-state index in [4.69, 9.17) is 25.5 Å². The van der Waals surface area contributed by atoms with Crippen molar-refractivity contribution >= 4 is 51.1 Å². The third kappa shape index (κ3) is 6.53. The molecule has 7 rings (SSSR count). The zero-order chi connectivity index (χ0) is 33.1. The number of carboxylic acid groups (broad SMARTS) is 1. The van der Waals surface area contributed by atoms with Crippen LogP contribution in [0.5, 0.6) is 5.75 Å². The van der Waals surface area contributed by atoms with E-state index in [1.807, 2.05) is 54.6 Å². The molecule has 0 atom stereocenters. The minimum Gasteiger partial charge on any atom is -0.495 e. The van der Waals surface area contributed by atoms with Crippen molar-refractivity contribution in [3.05, 3.63) is 78.9 Å². The second kappa shape index (κ2) is 13.1. The first-order chi connectivity index (χ1) is 22.7. The Hall–Kier alpha value is -6.02. The van der Waals surface area contributed by atoms with Crippen molar-refractivity contribution in [1.82, 2.24) is 34.6 Å². The number of aromatic nitrogens is 6. The molecule has 4 aromatic heterocycles. The quantitative estimate of drug-likeness (QED) is 0.208. The molecule has 1 fully saturated rings. The minimum absolute atomic E-state index is 0.275. The van der Waals surface area contributed by atoms with Crippen LogP contribution in [0.1, 0.15) is 17.4 Å². The number of carbonyl (C=O) groups is 2. The number of methoxy groups -OCH3 is 1. The molecule has 6 aromatic rings. The number of aromatic amines is 1. The maximum atomic E-state index is 13.1. The average molecular weight is 635 g/mol. The number of H-pyrrole nitrogens is 1. The second-order valence-corrected chi connectivity index (χ2v) is 11.0. The van der Waals surface area contributed by atoms with Crippen LogP contribution in [0.2, 0.25) is 0 Å². The van der Waals surface area contributed by atoms with Crippen LogP contribution in [-0.4, -0.2) is 91.9 Å². The summed E-state index contributed by atoms with van der Waals surface area (Å²) in [6, 6.07) is 19.0. The lowest BCUT2D eigenvalue weighted by Crippen LogP contribution is -2.44. The van der Waals surface area contributed by atoms with Crippen LogP contribution in [0, 0.1) is 0 Å². The van der Waals surface area contributed by atoms with Gasteiger partial charge < -0.3 is 35.7 Å². The van der Waals surface area contributed by atoms with E-state index in [0.717, 1.165) is 61.1 Å². The third-order valence-corrected chi connectivity index (χ3v) is 7.79. The molecule has 1 aliphatic rings. The van der Waals surface area contributed by atoms with E-state index in [-0.39, 0.29) is 5.91 Å². The number of hydrogen-bond donors (Lipinski definition) is 4. The van der Waals surface area contributed by atoms with Gasteiger partial charge in [-0.3, -0.25) is 9.59 Å². The zero-order valence-electron chi connectivity index (χ0n) is 26.1. The molecule has 1 amide bonds. The molecule has 1 saturated heterocycles. The zero-order valence-corrected chi connectivity index (χ0v) is 26.1. The van der Waals surface area contributed by atoms with Crippen molar-refractivity contribution < 1.29 is 19.4 Å². The van der Waals surface area contributed by atoms with Crippen molar-refractivity contribution in [3.63, 3.8) is 0 Å². The number of nitrogens with zero attached hydrogens (tertiary/aromatic N) is 7. The highest BCUT2D eigenvalue weighted by Crippen LogP contribution is 2.36. The number of aliphatic carboxylic acids is 1. The first-order valence-electron chi connectivity index (χ1n) is 14.9. The molecule has 0 radical (unpaired) electrons. The number of para-hydroxylation sites is 1. The summed E-state index contributed by atoms with van der Waals surface area (Å²) >= 11 is 0. The standard InChI is InChI=1S/C31H30N10O2.C2H4O2/c1-39-11-13-40(14-12-39)26-17-21(9-10-33-26)41-30-27(29(32)34-18-35-30)28(38-41)20-7-8-23(25(16-20)43-2)37-31(42)24-15-19-5-3-4-6-22(19)36-24;1-2(3)4/h3-10,15-18,36H,11-14H2,1-2H3,(H,37,42)(H2,32,34,35);1H3,(H,3,4). The number of carboxylic acids is 1. The molecule has 14 nitrogen and oxygen atoms in total. The lowest BCUT2D eigenvalue weighted by Gasteiger charge is -2.33. The summed E-state index contributed by atoms with van der Waals surface area (Å²) in [7, 11) is 3.68. The number of benzene rings is 2. The maximum Gasteiger partial charge on any atom is 0.300 e. The highest BCUT2D eigenvalue weighted by molar-refractivity contribution is 6.07. The van der Waals surface area contributed by atoms with E-state index < -0.39 is 5.97 Å². The number of fused-ring (bicyclic) bond motifs is 2. The Morgan fingerprint density at radius 1 is 1.00 bits per heavy atom. The Bertz CT molecular complexity index is 2040. The van der Waals surface area contributed by atoms with E-state index in [1.165, 1.54) is 6.33 Å². The van der Waals surface area contributed by atoms with Gasteiger partial charge in [-0.15, -0.1) is 0 Å². The molecule has 47 heavy (non-hydrogen) atoms. The molecule has 240 valence electrons. The van der Waals surface area contributed by atoms with Crippen LogP contribution >= 0.6 is 0 Å². The van der Waals surface area contributed by atoms with Gasteiger partial charge in [-0.2, -0.15) is 5.10 Å². The number of likely N-dealkylation sites (N-methyl/N-ethyl adjacent to an activating group) is 1. The van der Waals surface area contributed by atoms with Gasteiger partial charge in [0.2, 0.25) is 0 Å². The predicted octanol–water partition coefficient (Wildman–Crippen LogP) is 4.04. The van der Waals surface area contributed by atoms with Gasteiger partial charge in [-0.25, -0.2) is 19.6 Å². The number of nitrogens with one attached hydrogen (secondary N) is 2. The van der Waals surface area contributed by atoms with Crippen molar-refractivity contribution in [2.75, 3.05) is 56.3 Å². The number of ether oxygens (including phenoxy) is 1. The number of nitrogen functional groups attached to an aromatic ring is 1. The van der Waals surface area contributed by atoms with Gasteiger partial charge in [0.25, 0.3) is 11.9 Å². The summed E-state index contributed by atoms with van der Waals surface area (Å²) in [5.74, 6) is 0.564. The molecular formula is C33H34N10O4. The monoisotopic (exact) mass is 634 g/mol. The highest BCUT2D eigenvalue weighted by atomic mass is 16.5. The topological polar surface area (TPSA) is 180 Å². The fourth-order valence-electron chi connectivity index (χ4n) is 5.43. The molecule has 14 heteroatoms. The number of anilines is 3. The van der Waals surface area contributed by atoms with Crippen molar-refractivity contribution in [1.29, 1.82) is 0 Å². The third-order valence-electron chi connectivity index (χ3n) is 7.79. The molecule has 5 N–H and O–H groups in total. The number of rotatable bonds is 6. The van der Waals surface area contributed by atoms with E-state index in [2.05, 4.69) is 42.1 Å². The van der Waals surface area contributed by atoms with Crippen molar-refractivity contribution in [2.24, 2.45) is 0 Å². The first kappa shape index (κ1) is 31.0. The Morgan fingerprint density at radius 2 is 1.77 bits per heavy atom. The fourth-order valence-corrected chi connectivity index (χ4v) is 5.43. The first-order valence-corrected chi connectivity index (χ1v) is 14.9. The Labute approximate surface area is 269 Å². The fraction of sp³-hybridized carbons (Fsp3) is 0.212. The van der Waals surface area contributed by atoms with Crippen LogP contribution in [0.15, 0.2) is 73.2 Å². The van der Waals surface area contributed by atoms with E-state index in [1.54, 1.807) is 24.1 Å². The Balaban J connectivity index is 0.000000915. The average Bonchev–Trinajstić information content (AvgIpc) is 3.68. The van der Waals surface area contributed by atoms with Crippen LogP contribution in [-0.2, 0) is 4.79 Å². The van der Waals surface area contributed by atoms with E-state index in [0.29, 0.717) is 39.7 Å². The normalized spacial score (nSPS) is 13.3. The summed E-state index contributed by atoms with van der Waals surface area (Å²) in [6.07, 6.45) is 3.22. The van der Waals surface area contributed by atoms with Crippen LogP contribution in [0.25, 0.3) is 38.9 Å². The van der Waals surface area contributed by atoms with Crippen molar-refractivity contribution in [2.45, 2.75) is 6.92 Å². The summed E-state index contributed by atoms with van der Waals surface area (Å²) in [5.41, 5.74) is 11.0. The number of hydrogen-bond acceptors (Lipinski definition) is 10. The lowest BCUT2D eigenvalue weighted by molar-refractivity contribution is -0.134. The Kier molecular flexibility index (Phi) is 8.67. The van der Waals surface area contributed by atoms with Gasteiger partial charge in [-0.1, -0.05) is 24.3 Å². The number of nitrogens with two attached hydrogens (primary N) is 1. The molecule has 0 bridgehead atoms. The van der Waals surface area contributed by atoms with E-state index >= 15 is 0 Å². The molecular weight excluding hydrogens is 600 g/mol. The van der Waals surface area contributed by atoms with Crippen LogP contribution in [0.4, 0.5) is 17.3 Å². The lowest BCUT2D eigenvalue weighted by atomic mass is 10.1. The Morgan fingerprint density at radius 3 is 2.51 bits per heavy atom. The van der Waals surface area contributed by atoms with Gasteiger partial charge >= 0.3 is 0 Å². The molecule has 0 aliphatic carbocycles. The molecule has 0 unspecified atom stereocenters. The molecule has 0 spiro atoms. The van der Waals surface area contributed by atoms with Gasteiger partial charge in [0.15, 0.2) is 5.65 Å². The van der Waals surface area contributed by atoms with Gasteiger partial charge in [0, 0.05) is 61.8 Å². The smallest absolute Gasteiger partial charge is 0.300 e. The summed E-state index contributed by atoms with van der Waals surface area (Å²) in [6.45, 7) is 4.83. The van der Waals surface area contributed by atoms with Crippen molar-refractivity contribution in [3.8, 4) is 22.7 Å². The molecule has 1 aliphatic heterocycles. The number of amides is 1. The van der Waals surface area contributed by atoms with Gasteiger partial charge in [0.1, 0.15) is 35.1 Å². The summed E-state index contributed by atoms with van der Waals surface area (Å²) < 4.78 is 7.45. The maximum absolute atomic E-state index is 13.1. The number of piperazine rings is 1. The largest absolute Gasteiger partial charge is 0.495 e. The number of pyridine rings is 1. The van der Waals surface area contributed by atoms with Crippen LogP contribution in [0.3, 0.4) is 0 Å². The molecule has 5 heterocycles. The van der Waals surface area contributed by atoms with Gasteiger partial charge in [0.05, 0.1) is 23.9 Å². The van der Waals surface area contributed by atoms with Crippen LogP contribution < -0.4 is 20.7 Å². The SMILES string of the molecule is CC(=O)O.COc1cc(-c2nn(-c3ccnc(N4CCN(C)CC4)c3)c3ncnc(N)c23)ccc1NC(=O)c1cc2ccccc2[nH]1. The van der Waals surface area contributed by atoms with Gasteiger partial charge in [-0.05, 0) is 37.4 Å². The minimum atomic E-state index is -0.833. The molecule has 2 aromatic carbocycles. The summed E-state index contributed by atoms with van der Waals surface area (Å²) in [4.78, 5) is 43.2. The second-order valence-electron chi connectivity index (χ2n) is 11.0. The molecule has 0 saturated carbocycles.